The highest BCUT2D eigenvalue weighted by Gasteiger charge is 2.43. The molecule has 246 valence electrons. The fourth-order valence-corrected chi connectivity index (χ4v) is 5.80. The van der Waals surface area contributed by atoms with E-state index in [0.717, 1.165) is 67.2 Å². The Bertz CT molecular complexity index is 1680. The van der Waals surface area contributed by atoms with Crippen molar-refractivity contribution in [3.63, 3.8) is 0 Å². The van der Waals surface area contributed by atoms with E-state index in [1.54, 1.807) is 23.3 Å². The van der Waals surface area contributed by atoms with E-state index in [9.17, 15) is 4.79 Å². The fourth-order valence-electron chi connectivity index (χ4n) is 5.80. The molecule has 2 aliphatic rings. The van der Waals surface area contributed by atoms with Gasteiger partial charge in [0.05, 0.1) is 31.1 Å². The lowest BCUT2D eigenvalue weighted by Crippen LogP contribution is -2.46. The molecule has 2 aliphatic heterocycles. The van der Waals surface area contributed by atoms with Crippen LogP contribution in [0.4, 0.5) is 11.4 Å². The zero-order valence-electron chi connectivity index (χ0n) is 26.7. The summed E-state index contributed by atoms with van der Waals surface area (Å²) in [5, 5.41) is 15.4. The van der Waals surface area contributed by atoms with E-state index in [4.69, 9.17) is 19.6 Å². The van der Waals surface area contributed by atoms with Crippen LogP contribution in [0.3, 0.4) is 0 Å². The van der Waals surface area contributed by atoms with Gasteiger partial charge in [-0.05, 0) is 74.0 Å². The van der Waals surface area contributed by atoms with E-state index in [1.165, 1.54) is 10.9 Å². The number of ether oxygens (including phenoxy) is 3. The van der Waals surface area contributed by atoms with Crippen LogP contribution >= 0.6 is 0 Å². The number of nitrogens with one attached hydrogen (secondary N) is 2. The summed E-state index contributed by atoms with van der Waals surface area (Å²) in [5.74, 6) is -0.263. The van der Waals surface area contributed by atoms with Gasteiger partial charge in [0.15, 0.2) is 0 Å². The first-order valence-electron chi connectivity index (χ1n) is 16.0. The molecule has 4 aromatic rings. The molecule has 2 fully saturated rings. The summed E-state index contributed by atoms with van der Waals surface area (Å²) in [6.07, 6.45) is 8.03. The monoisotopic (exact) mass is 639 g/mol. The number of benzene rings is 2. The topological polar surface area (TPSA) is 135 Å². The Morgan fingerprint density at radius 3 is 2.30 bits per heavy atom. The summed E-state index contributed by atoms with van der Waals surface area (Å²) in [6, 6.07) is 20.1. The molecule has 0 bridgehead atoms. The van der Waals surface area contributed by atoms with Gasteiger partial charge in [-0.25, -0.2) is 14.0 Å². The largest absolute Gasteiger partial charge is 0.491 e. The number of hydrogen-bond acceptors (Lipinski definition) is 11. The molecule has 0 aliphatic carbocycles. The molecular weight excluding hydrogens is 598 g/mol. The molecule has 0 radical (unpaired) electrons. The average molecular weight is 640 g/mol. The summed E-state index contributed by atoms with van der Waals surface area (Å²) in [6.45, 7) is 8.60. The summed E-state index contributed by atoms with van der Waals surface area (Å²) in [7, 11) is 0. The zero-order valence-corrected chi connectivity index (χ0v) is 26.7. The number of piperazine rings is 1. The van der Waals surface area contributed by atoms with E-state index in [0.29, 0.717) is 13.2 Å². The molecule has 3 unspecified atom stereocenters. The van der Waals surface area contributed by atoms with Crippen molar-refractivity contribution >= 4 is 23.8 Å². The van der Waals surface area contributed by atoms with Gasteiger partial charge in [0.2, 0.25) is 5.79 Å². The first kappa shape index (κ1) is 32.0. The number of aromatic nitrogens is 4. The number of hydrazone groups is 1. The van der Waals surface area contributed by atoms with Crippen molar-refractivity contribution in [3.8, 4) is 11.4 Å². The highest BCUT2D eigenvalue weighted by atomic mass is 16.8. The third-order valence-corrected chi connectivity index (χ3v) is 8.64. The van der Waals surface area contributed by atoms with E-state index >= 15 is 0 Å². The molecule has 2 saturated heterocycles. The lowest BCUT2D eigenvalue weighted by molar-refractivity contribution is -0.175. The molecule has 2 N–H and O–H groups in total. The average Bonchev–Trinajstić information content (AvgIpc) is 3.73. The number of anilines is 2. The number of pyridine rings is 1. The van der Waals surface area contributed by atoms with Gasteiger partial charge in [-0.2, -0.15) is 10.2 Å². The molecule has 2 aromatic carbocycles. The van der Waals surface area contributed by atoms with Gasteiger partial charge < -0.3 is 34.8 Å². The van der Waals surface area contributed by atoms with E-state index < -0.39 is 5.79 Å². The van der Waals surface area contributed by atoms with Gasteiger partial charge in [0, 0.05) is 61.7 Å². The molecule has 0 spiro atoms. The third-order valence-electron chi connectivity index (χ3n) is 8.64. The van der Waals surface area contributed by atoms with Gasteiger partial charge >= 0.3 is 5.69 Å². The Labute approximate surface area is 273 Å². The van der Waals surface area contributed by atoms with Crippen LogP contribution in [0.25, 0.3) is 5.69 Å². The predicted octanol–water partition coefficient (Wildman–Crippen LogP) is 3.60. The molecule has 13 nitrogen and oxygen atoms in total. The predicted molar refractivity (Wildman–Crippen MR) is 181 cm³/mol. The first-order chi connectivity index (χ1) is 23.0. The van der Waals surface area contributed by atoms with Crippen molar-refractivity contribution in [3.05, 3.63) is 95.4 Å². The van der Waals surface area contributed by atoms with Gasteiger partial charge in [0.1, 0.15) is 24.8 Å². The summed E-state index contributed by atoms with van der Waals surface area (Å²) in [4.78, 5) is 21.6. The minimum absolute atomic E-state index is 0.0675. The Morgan fingerprint density at radius 1 is 1.02 bits per heavy atom. The summed E-state index contributed by atoms with van der Waals surface area (Å²) in [5.41, 5.74) is 6.73. The molecular formula is C34H41N9O4. The molecule has 2 aromatic heterocycles. The number of rotatable bonds is 13. The van der Waals surface area contributed by atoms with Crippen LogP contribution in [-0.4, -0.2) is 83.8 Å². The Balaban J connectivity index is 0.994. The molecule has 47 heavy (non-hydrogen) atoms. The van der Waals surface area contributed by atoms with Crippen molar-refractivity contribution in [2.75, 3.05) is 55.7 Å². The maximum Gasteiger partial charge on any atom is 0.350 e. The highest BCUT2D eigenvalue weighted by Crippen LogP contribution is 2.34. The van der Waals surface area contributed by atoms with Crippen molar-refractivity contribution in [2.45, 2.75) is 38.2 Å². The van der Waals surface area contributed by atoms with Crippen molar-refractivity contribution in [1.82, 2.24) is 24.8 Å². The number of hydrogen-bond donors (Lipinski definition) is 2. The van der Waals surface area contributed by atoms with Gasteiger partial charge in [-0.3, -0.25) is 4.98 Å². The molecule has 0 saturated carbocycles. The maximum atomic E-state index is 12.8. The second-order valence-electron chi connectivity index (χ2n) is 11.6. The van der Waals surface area contributed by atoms with Crippen molar-refractivity contribution < 1.29 is 14.2 Å². The van der Waals surface area contributed by atoms with Crippen LogP contribution in [0, 0.1) is 5.41 Å². The van der Waals surface area contributed by atoms with E-state index in [-0.39, 0.29) is 24.4 Å². The second kappa shape index (κ2) is 14.6. The molecule has 3 atom stereocenters. The fraction of sp³-hybridized carbons (Fsp3) is 0.382. The Hall–Kier alpha value is -5.01. The zero-order chi connectivity index (χ0) is 32.6. The van der Waals surface area contributed by atoms with Crippen LogP contribution in [0.15, 0.2) is 89.3 Å². The van der Waals surface area contributed by atoms with Crippen LogP contribution < -0.4 is 25.7 Å². The van der Waals surface area contributed by atoms with Gasteiger partial charge in [0.25, 0.3) is 0 Å². The van der Waals surface area contributed by atoms with E-state index in [1.807, 2.05) is 50.2 Å². The van der Waals surface area contributed by atoms with Crippen molar-refractivity contribution in [1.29, 1.82) is 5.41 Å². The van der Waals surface area contributed by atoms with Crippen LogP contribution in [0.1, 0.15) is 31.9 Å². The summed E-state index contributed by atoms with van der Waals surface area (Å²) >= 11 is 0. The van der Waals surface area contributed by atoms with E-state index in [2.05, 4.69) is 54.7 Å². The first-order valence-corrected chi connectivity index (χ1v) is 16.0. The van der Waals surface area contributed by atoms with Crippen LogP contribution in [-0.2, 0) is 15.3 Å². The lowest BCUT2D eigenvalue weighted by atomic mass is 10.1. The smallest absolute Gasteiger partial charge is 0.350 e. The standard InChI is InChI=1S/C34H41N9O4/c1-3-26(2)43-33(44)42(25-39-43)30-6-4-28(5-7-30)40-18-20-41(21-19-40)29-8-10-31(11-9-29)45-22-32-23-46-34(47-32,24-38-37-17-14-35)27-12-15-36-16-13-27/h4-17,25-26,32,35,38H,3,18-24H2,1-2H3/b35-14?,37-17-. The van der Waals surface area contributed by atoms with Gasteiger partial charge in [-0.1, -0.05) is 6.92 Å². The molecule has 0 amide bonds. The van der Waals surface area contributed by atoms with Crippen LogP contribution in [0.5, 0.6) is 5.75 Å². The van der Waals surface area contributed by atoms with Crippen molar-refractivity contribution in [2.24, 2.45) is 5.10 Å². The lowest BCUT2D eigenvalue weighted by Gasteiger charge is -2.37. The number of nitrogens with zero attached hydrogens (tertiary/aromatic N) is 7. The quantitative estimate of drug-likeness (QED) is 0.166. The minimum atomic E-state index is -1.03. The minimum Gasteiger partial charge on any atom is -0.491 e. The van der Waals surface area contributed by atoms with Gasteiger partial charge in [-0.15, -0.1) is 0 Å². The third kappa shape index (κ3) is 7.21. The Kier molecular flexibility index (Phi) is 9.93. The molecule has 4 heterocycles. The highest BCUT2D eigenvalue weighted by molar-refractivity contribution is 6.14. The normalized spacial score (nSPS) is 20.4. The Morgan fingerprint density at radius 2 is 1.66 bits per heavy atom. The molecule has 6 rings (SSSR count). The van der Waals surface area contributed by atoms with Crippen LogP contribution in [0.2, 0.25) is 0 Å². The molecule has 13 heteroatoms. The second-order valence-corrected chi connectivity index (χ2v) is 11.6. The summed E-state index contributed by atoms with van der Waals surface area (Å²) < 4.78 is 21.7. The maximum absolute atomic E-state index is 12.8. The SMILES string of the molecule is CCC(C)n1ncn(-c2ccc(N3CCN(c4ccc(OCC5COC(CN/N=C\C=N)(c6ccncc6)O5)cc4)CC3)cc2)c1=O.